The molecule has 2 heterocycles. The minimum Gasteiger partial charge on any atom is -0.391 e. The number of hydrogen-bond acceptors (Lipinski definition) is 10. The minimum atomic E-state index is -1.31. The fraction of sp³-hybridized carbons (Fsp3) is 0.500. The highest BCUT2D eigenvalue weighted by Crippen LogP contribution is 2.31. The van der Waals surface area contributed by atoms with Gasteiger partial charge in [-0.25, -0.2) is 23.6 Å². The van der Waals surface area contributed by atoms with Gasteiger partial charge in [-0.3, -0.25) is 24.0 Å². The van der Waals surface area contributed by atoms with E-state index >= 15 is 0 Å². The molecule has 0 saturated carbocycles. The molecule has 370 valence electrons. The summed E-state index contributed by atoms with van der Waals surface area (Å²) in [6, 6.07) is 12.0. The second kappa shape index (κ2) is 26.4. The van der Waals surface area contributed by atoms with Gasteiger partial charge in [0.05, 0.1) is 51.8 Å². The van der Waals surface area contributed by atoms with E-state index in [-0.39, 0.29) is 61.0 Å². The molecule has 4 amide bonds. The Bertz CT molecular complexity index is 2310. The van der Waals surface area contributed by atoms with Crippen LogP contribution in [0.4, 0.5) is 24.5 Å². The molecule has 6 N–H and O–H groups in total. The van der Waals surface area contributed by atoms with Crippen molar-refractivity contribution in [2.75, 3.05) is 31.6 Å². The maximum absolute atomic E-state index is 14.7. The maximum Gasteiger partial charge on any atom is 0.277 e. The quantitative estimate of drug-likeness (QED) is 0.0215. The van der Waals surface area contributed by atoms with Crippen LogP contribution in [0, 0.1) is 33.4 Å². The fourth-order valence-electron chi connectivity index (χ4n) is 7.98. The molecule has 0 radical (unpaired) electrons. The Kier molecular flexibility index (Phi) is 21.1. The predicted octanol–water partition coefficient (Wildman–Crippen LogP) is 9.41. The lowest BCUT2D eigenvalue weighted by Gasteiger charge is -2.35. The molecule has 0 spiro atoms. The maximum atomic E-state index is 14.7. The summed E-state index contributed by atoms with van der Waals surface area (Å²) in [6.07, 6.45) is 7.78. The van der Waals surface area contributed by atoms with Crippen LogP contribution in [0.5, 0.6) is 0 Å². The zero-order valence-corrected chi connectivity index (χ0v) is 42.5. The van der Waals surface area contributed by atoms with Crippen molar-refractivity contribution in [1.82, 2.24) is 31.3 Å². The van der Waals surface area contributed by atoms with Crippen molar-refractivity contribution in [3.05, 3.63) is 98.0 Å². The van der Waals surface area contributed by atoms with Crippen LogP contribution < -0.4 is 26.7 Å². The molecule has 18 heteroatoms. The summed E-state index contributed by atoms with van der Waals surface area (Å²) in [5.74, 6) is -4.92. The first-order valence-corrected chi connectivity index (χ1v) is 25.3. The number of aryl methyl sites for hydroxylation is 1. The van der Waals surface area contributed by atoms with Crippen molar-refractivity contribution >= 4 is 68.9 Å². The molecule has 0 aliphatic carbocycles. The normalized spacial score (nSPS) is 15.8. The molecule has 3 aromatic carbocycles. The highest BCUT2D eigenvalue weighted by atomic mass is 127. The van der Waals surface area contributed by atoms with E-state index in [1.807, 2.05) is 87.0 Å². The standard InChI is InChI=1S/C50H65F3IN7O6S/c1-31(33-16-18-34(19-17-33)45-32(2)56-30-68-45)57-48(65)41-28-36(62)29-61(41)49(66)46(50(3,4)5)59-42(63)15-11-9-7-6-8-10-12-24-55-25-13-14-26-67-60-47(64)37-21-22-38(51)43(53)44(37)58-40-23-20-35(54)27-39(40)52/h16-23,27,30-31,36,41,46,55,58,62H,6-15,24-26,28-29H2,1-5H3,(H,57,65)(H,59,63)(H,60,64)/t31-,36+,41-,46+/m0/s1. The number of nitrogens with one attached hydrogen (secondary N) is 5. The molecule has 1 saturated heterocycles. The second-order valence-corrected chi connectivity index (χ2v) is 20.5. The Morgan fingerprint density at radius 3 is 2.24 bits per heavy atom. The topological polar surface area (TPSA) is 174 Å². The number of hydroxylamine groups is 1. The van der Waals surface area contributed by atoms with Gasteiger partial charge in [0.1, 0.15) is 17.9 Å². The molecule has 13 nitrogen and oxygen atoms in total. The molecule has 0 bridgehead atoms. The Hall–Kier alpha value is -4.63. The van der Waals surface area contributed by atoms with E-state index in [0.717, 1.165) is 91.9 Å². The number of amides is 4. The summed E-state index contributed by atoms with van der Waals surface area (Å²) in [5, 5.41) is 22.5. The van der Waals surface area contributed by atoms with Crippen LogP contribution in [0.3, 0.4) is 0 Å². The van der Waals surface area contributed by atoms with Gasteiger partial charge in [-0.1, -0.05) is 77.1 Å². The van der Waals surface area contributed by atoms with Crippen LogP contribution >= 0.6 is 33.9 Å². The molecule has 1 fully saturated rings. The summed E-state index contributed by atoms with van der Waals surface area (Å²) >= 11 is 3.50. The van der Waals surface area contributed by atoms with Gasteiger partial charge in [0.15, 0.2) is 11.6 Å². The molecular formula is C50H65F3IN7O6S. The lowest BCUT2D eigenvalue weighted by Crippen LogP contribution is -2.57. The van der Waals surface area contributed by atoms with Gasteiger partial charge in [-0.2, -0.15) is 0 Å². The number of unbranched alkanes of at least 4 members (excludes halogenated alkanes) is 7. The van der Waals surface area contributed by atoms with Gasteiger partial charge < -0.3 is 31.3 Å². The van der Waals surface area contributed by atoms with E-state index in [2.05, 4.69) is 31.7 Å². The Morgan fingerprint density at radius 1 is 0.897 bits per heavy atom. The van der Waals surface area contributed by atoms with E-state index in [0.29, 0.717) is 16.4 Å². The predicted molar refractivity (Wildman–Crippen MR) is 268 cm³/mol. The zero-order chi connectivity index (χ0) is 49.4. The highest BCUT2D eigenvalue weighted by molar-refractivity contribution is 14.1. The van der Waals surface area contributed by atoms with Gasteiger partial charge in [0.2, 0.25) is 17.7 Å². The molecular weight excluding hydrogens is 1010 g/mol. The zero-order valence-electron chi connectivity index (χ0n) is 39.5. The molecule has 5 rings (SSSR count). The number of likely N-dealkylation sites (tertiary alicyclic amines) is 1. The summed E-state index contributed by atoms with van der Waals surface area (Å²) in [4.78, 5) is 65.7. The number of benzene rings is 3. The fourth-order valence-corrected chi connectivity index (χ4v) is 9.24. The van der Waals surface area contributed by atoms with E-state index in [4.69, 9.17) is 4.84 Å². The van der Waals surface area contributed by atoms with Crippen molar-refractivity contribution in [3.63, 3.8) is 0 Å². The van der Waals surface area contributed by atoms with E-state index < -0.39 is 52.6 Å². The number of hydrogen-bond donors (Lipinski definition) is 6. The Balaban J connectivity index is 0.911. The Labute approximate surface area is 415 Å². The SMILES string of the molecule is Cc1ncsc1-c1ccc([C@H](C)NC(=O)[C@@H]2C[C@@H](O)CN2C(=O)[C@@H](NC(=O)CCCCCCCCCNCCCCONC(=O)c2ccc(F)c(F)c2Nc2ccc(I)cc2F)C(C)(C)C)cc1. The van der Waals surface area contributed by atoms with E-state index in [1.165, 1.54) is 17.0 Å². The lowest BCUT2D eigenvalue weighted by atomic mass is 9.85. The van der Waals surface area contributed by atoms with Crippen LogP contribution in [-0.4, -0.2) is 83.0 Å². The number of thiazole rings is 1. The molecule has 1 aliphatic rings. The number of aliphatic hydroxyl groups excluding tert-OH is 1. The van der Waals surface area contributed by atoms with Gasteiger partial charge in [-0.05, 0) is 122 Å². The number of carbonyl (C=O) groups is 4. The van der Waals surface area contributed by atoms with Crippen molar-refractivity contribution in [1.29, 1.82) is 0 Å². The monoisotopic (exact) mass is 1080 g/mol. The highest BCUT2D eigenvalue weighted by Gasteiger charge is 2.44. The summed E-state index contributed by atoms with van der Waals surface area (Å²) in [6.45, 7) is 11.3. The second-order valence-electron chi connectivity index (χ2n) is 18.4. The van der Waals surface area contributed by atoms with Crippen molar-refractivity contribution in [2.45, 2.75) is 129 Å². The number of aliphatic hydroxyl groups is 1. The van der Waals surface area contributed by atoms with Crippen LogP contribution in [-0.2, 0) is 19.2 Å². The molecule has 68 heavy (non-hydrogen) atoms. The first-order valence-electron chi connectivity index (χ1n) is 23.4. The first kappa shape index (κ1) is 54.3. The third-order valence-corrected chi connectivity index (χ3v) is 13.5. The van der Waals surface area contributed by atoms with Crippen LogP contribution in [0.1, 0.15) is 126 Å². The average Bonchev–Trinajstić information content (AvgIpc) is 3.92. The minimum absolute atomic E-state index is 0.0137. The smallest absolute Gasteiger partial charge is 0.277 e. The summed E-state index contributed by atoms with van der Waals surface area (Å²) < 4.78 is 43.7. The number of carbonyl (C=O) groups excluding carboxylic acids is 4. The average molecular weight is 1080 g/mol. The number of anilines is 2. The lowest BCUT2D eigenvalue weighted by molar-refractivity contribution is -0.144. The Morgan fingerprint density at radius 2 is 1.57 bits per heavy atom. The first-order chi connectivity index (χ1) is 32.4. The van der Waals surface area contributed by atoms with Crippen LogP contribution in [0.2, 0.25) is 0 Å². The van der Waals surface area contributed by atoms with Gasteiger partial charge in [0.25, 0.3) is 5.91 Å². The largest absolute Gasteiger partial charge is 0.391 e. The van der Waals surface area contributed by atoms with Crippen molar-refractivity contribution < 1.29 is 42.3 Å². The van der Waals surface area contributed by atoms with Crippen LogP contribution in [0.15, 0.2) is 60.1 Å². The van der Waals surface area contributed by atoms with Gasteiger partial charge in [-0.15, -0.1) is 11.3 Å². The van der Waals surface area contributed by atoms with Gasteiger partial charge >= 0.3 is 0 Å². The number of β-amino-alcohol motifs (C(OH)–C–C–N with tert-alkyl or cyclic N) is 1. The van der Waals surface area contributed by atoms with Crippen molar-refractivity contribution in [2.24, 2.45) is 5.41 Å². The molecule has 1 aromatic heterocycles. The number of nitrogens with zero attached hydrogens (tertiary/aromatic N) is 2. The molecule has 0 unspecified atom stereocenters. The third-order valence-electron chi connectivity index (χ3n) is 11.9. The summed E-state index contributed by atoms with van der Waals surface area (Å²) in [5.41, 5.74) is 5.51. The third kappa shape index (κ3) is 16.0. The molecule has 1 aliphatic heterocycles. The molecule has 4 aromatic rings. The van der Waals surface area contributed by atoms with E-state index in [9.17, 15) is 37.5 Å². The molecule has 4 atom stereocenters. The van der Waals surface area contributed by atoms with Crippen molar-refractivity contribution in [3.8, 4) is 10.4 Å². The van der Waals surface area contributed by atoms with E-state index in [1.54, 1.807) is 17.4 Å². The van der Waals surface area contributed by atoms with Gasteiger partial charge in [0, 0.05) is 23.0 Å². The number of halogens is 4. The summed E-state index contributed by atoms with van der Waals surface area (Å²) in [7, 11) is 0. The number of aromatic nitrogens is 1. The number of rotatable bonds is 25. The van der Waals surface area contributed by atoms with Crippen LogP contribution in [0.25, 0.3) is 10.4 Å².